The Bertz CT molecular complexity index is 790. The molecule has 0 bridgehead atoms. The molecule has 0 radical (unpaired) electrons. The molecule has 0 fully saturated rings. The molecule has 122 valence electrons. The highest BCUT2D eigenvalue weighted by atomic mass is 127. The number of benzene rings is 3. The third-order valence-corrected chi connectivity index (χ3v) is 6.60. The van der Waals surface area contributed by atoms with E-state index in [4.69, 9.17) is 0 Å². The molecular weight excluding hydrogens is 559 g/mol. The average Bonchev–Trinajstić information content (AvgIpc) is 2.47. The van der Waals surface area contributed by atoms with Gasteiger partial charge in [-0.1, -0.05) is 0 Å². The van der Waals surface area contributed by atoms with Crippen LogP contribution in [0.2, 0.25) is 0 Å². The van der Waals surface area contributed by atoms with Crippen LogP contribution in [0.3, 0.4) is 0 Å². The second-order valence-corrected chi connectivity index (χ2v) is 9.49. The van der Waals surface area contributed by atoms with Crippen molar-refractivity contribution in [3.05, 3.63) is 85.3 Å². The highest BCUT2D eigenvalue weighted by molar-refractivity contribution is 14.1. The Hall–Kier alpha value is -0.740. The molecule has 0 aliphatic heterocycles. The largest absolute Gasteiger partial charge is 0.207 e. The van der Waals surface area contributed by atoms with Gasteiger partial charge in [0.2, 0.25) is 0 Å². The monoisotopic (exact) mass is 569 g/mol. The van der Waals surface area contributed by atoms with Gasteiger partial charge in [-0.3, -0.25) is 0 Å². The number of rotatable bonds is 3. The maximum absolute atomic E-state index is 13.7. The second kappa shape index (κ2) is 7.65. The molecule has 0 amide bonds. The van der Waals surface area contributed by atoms with Crippen LogP contribution in [0.15, 0.2) is 75.4 Å². The zero-order chi connectivity index (χ0) is 17.3. The Balaban J connectivity index is 2.21. The Kier molecular flexibility index (Phi) is 5.76. The van der Waals surface area contributed by atoms with Crippen molar-refractivity contribution >= 4 is 56.1 Å². The lowest BCUT2D eigenvalue weighted by Crippen LogP contribution is -2.07. The van der Waals surface area contributed by atoms with Gasteiger partial charge in [-0.25, -0.2) is 13.2 Å². The van der Waals surface area contributed by atoms with E-state index in [1.165, 1.54) is 24.3 Å². The predicted octanol–water partition coefficient (Wildman–Crippen LogP) is 6.41. The van der Waals surface area contributed by atoms with Gasteiger partial charge < -0.3 is 0 Å². The van der Waals surface area contributed by atoms with Gasteiger partial charge in [-0.05, 0) is 75.5 Å². The van der Waals surface area contributed by atoms with E-state index in [1.807, 2.05) is 18.2 Å². The zero-order valence-electron chi connectivity index (χ0n) is 12.1. The molecule has 3 aromatic rings. The van der Waals surface area contributed by atoms with Crippen LogP contribution < -0.4 is 0 Å². The van der Waals surface area contributed by atoms with Gasteiger partial charge in [-0.2, -0.15) is 0 Å². The summed E-state index contributed by atoms with van der Waals surface area (Å²) in [4.78, 5) is 2.26. The van der Waals surface area contributed by atoms with Crippen molar-refractivity contribution in [1.29, 1.82) is 0 Å². The Morgan fingerprint density at radius 1 is 0.542 bits per heavy atom. The van der Waals surface area contributed by atoms with Crippen molar-refractivity contribution in [2.24, 2.45) is 0 Å². The van der Waals surface area contributed by atoms with Crippen LogP contribution in [0.4, 0.5) is 13.2 Å². The molecule has 0 nitrogen and oxygen atoms in total. The summed E-state index contributed by atoms with van der Waals surface area (Å²) in [5.74, 6) is -1.58. The molecule has 0 aliphatic rings. The van der Waals surface area contributed by atoms with Gasteiger partial charge in [-0.15, -0.1) is 0 Å². The van der Waals surface area contributed by atoms with E-state index in [1.54, 1.807) is 12.1 Å². The molecule has 3 aromatic carbocycles. The molecule has 0 aliphatic carbocycles. The van der Waals surface area contributed by atoms with E-state index in [2.05, 4.69) is 45.2 Å². The minimum absolute atomic E-state index is 0.343. The van der Waals surface area contributed by atoms with Gasteiger partial charge in [0.15, 0.2) is 14.7 Å². The SMILES string of the molecule is Fc1ccc([S+](c2cc(F)cc(F)c2)c2cc(I)cc(I)c2)cc1. The minimum atomic E-state index is -0.720. The van der Waals surface area contributed by atoms with Crippen LogP contribution >= 0.6 is 45.2 Å². The zero-order valence-corrected chi connectivity index (χ0v) is 17.2. The summed E-state index contributed by atoms with van der Waals surface area (Å²) in [5.41, 5.74) is 0. The number of hydrogen-bond donors (Lipinski definition) is 0. The lowest BCUT2D eigenvalue weighted by Gasteiger charge is -2.09. The number of halogens is 5. The first-order chi connectivity index (χ1) is 11.4. The Morgan fingerprint density at radius 2 is 1.04 bits per heavy atom. The second-order valence-electron chi connectivity index (χ2n) is 4.97. The first-order valence-electron chi connectivity index (χ1n) is 6.84. The van der Waals surface area contributed by atoms with Gasteiger partial charge in [0.25, 0.3) is 0 Å². The van der Waals surface area contributed by atoms with Gasteiger partial charge >= 0.3 is 0 Å². The molecule has 24 heavy (non-hydrogen) atoms. The van der Waals surface area contributed by atoms with Crippen LogP contribution in [0.25, 0.3) is 0 Å². The van der Waals surface area contributed by atoms with E-state index < -0.39 is 22.5 Å². The molecule has 0 spiro atoms. The molecule has 0 saturated carbocycles. The Morgan fingerprint density at radius 3 is 1.58 bits per heavy atom. The molecule has 1 atom stereocenters. The molecule has 0 aromatic heterocycles. The predicted molar refractivity (Wildman–Crippen MR) is 107 cm³/mol. The molecule has 1 unspecified atom stereocenters. The van der Waals surface area contributed by atoms with Crippen LogP contribution in [0.5, 0.6) is 0 Å². The molecule has 0 N–H and O–H groups in total. The van der Waals surface area contributed by atoms with Crippen molar-refractivity contribution in [2.45, 2.75) is 14.7 Å². The molecule has 0 saturated heterocycles. The van der Waals surface area contributed by atoms with Crippen LogP contribution in [0.1, 0.15) is 0 Å². The van der Waals surface area contributed by atoms with Gasteiger partial charge in [0.1, 0.15) is 17.5 Å². The normalized spacial score (nSPS) is 12.2. The van der Waals surface area contributed by atoms with E-state index in [0.717, 1.165) is 23.0 Å². The average molecular weight is 569 g/mol. The van der Waals surface area contributed by atoms with Crippen LogP contribution in [-0.4, -0.2) is 0 Å². The van der Waals surface area contributed by atoms with E-state index in [-0.39, 0.29) is 5.82 Å². The first kappa shape index (κ1) is 18.1. The van der Waals surface area contributed by atoms with E-state index in [9.17, 15) is 13.2 Å². The Labute approximate surface area is 168 Å². The van der Waals surface area contributed by atoms with Crippen LogP contribution in [-0.2, 0) is 10.9 Å². The molecular formula is C18H10F3I2S+. The van der Waals surface area contributed by atoms with Crippen molar-refractivity contribution in [3.63, 3.8) is 0 Å². The summed E-state index contributed by atoms with van der Waals surface area (Å²) < 4.78 is 42.8. The van der Waals surface area contributed by atoms with E-state index >= 15 is 0 Å². The van der Waals surface area contributed by atoms with Gasteiger partial charge in [0, 0.05) is 37.5 Å². The fourth-order valence-corrected chi connectivity index (χ4v) is 6.81. The standard InChI is InChI=1S/C18H10F3I2S/c19-11-1-3-16(4-2-11)24(17-6-12(20)5-13(21)7-17)18-9-14(22)8-15(23)10-18/h1-10H/q+1. The van der Waals surface area contributed by atoms with Crippen molar-refractivity contribution < 1.29 is 13.2 Å². The fraction of sp³-hybridized carbons (Fsp3) is 0. The maximum atomic E-state index is 13.7. The van der Waals surface area contributed by atoms with E-state index in [0.29, 0.717) is 4.90 Å². The quantitative estimate of drug-likeness (QED) is 0.253. The van der Waals surface area contributed by atoms with Crippen LogP contribution in [0, 0.1) is 24.6 Å². The minimum Gasteiger partial charge on any atom is -0.207 e. The first-order valence-corrected chi connectivity index (χ1v) is 10.2. The third kappa shape index (κ3) is 4.26. The maximum Gasteiger partial charge on any atom is 0.172 e. The molecule has 6 heteroatoms. The van der Waals surface area contributed by atoms with Crippen molar-refractivity contribution in [1.82, 2.24) is 0 Å². The molecule has 0 heterocycles. The summed E-state index contributed by atoms with van der Waals surface area (Å²) >= 11 is 4.43. The smallest absolute Gasteiger partial charge is 0.172 e. The summed E-state index contributed by atoms with van der Waals surface area (Å²) in [6, 6.07) is 15.6. The summed E-state index contributed by atoms with van der Waals surface area (Å²) in [6.45, 7) is 0. The topological polar surface area (TPSA) is 0 Å². The lowest BCUT2D eigenvalue weighted by atomic mass is 10.3. The fourth-order valence-electron chi connectivity index (χ4n) is 2.27. The van der Waals surface area contributed by atoms with Crippen molar-refractivity contribution in [2.75, 3.05) is 0 Å². The summed E-state index contributed by atoms with van der Waals surface area (Å²) in [5, 5.41) is 0. The highest BCUT2D eigenvalue weighted by Gasteiger charge is 2.30. The summed E-state index contributed by atoms with van der Waals surface area (Å²) in [7, 11) is -0.720. The lowest BCUT2D eigenvalue weighted by molar-refractivity contribution is 0.577. The van der Waals surface area contributed by atoms with Gasteiger partial charge in [0.05, 0.1) is 10.9 Å². The van der Waals surface area contributed by atoms with Crippen molar-refractivity contribution in [3.8, 4) is 0 Å². The highest BCUT2D eigenvalue weighted by Crippen LogP contribution is 2.33. The summed E-state index contributed by atoms with van der Waals surface area (Å²) in [6.07, 6.45) is 0. The third-order valence-electron chi connectivity index (χ3n) is 3.19. The molecule has 3 rings (SSSR count). The number of hydrogen-bond acceptors (Lipinski definition) is 0.